The number of benzene rings is 2. The average molecular weight is 294 g/mol. The highest BCUT2D eigenvalue weighted by molar-refractivity contribution is 6.01. The van der Waals surface area contributed by atoms with Gasteiger partial charge in [-0.25, -0.2) is 0 Å². The molecule has 1 heterocycles. The van der Waals surface area contributed by atoms with Crippen molar-refractivity contribution in [1.82, 2.24) is 10.2 Å². The summed E-state index contributed by atoms with van der Waals surface area (Å²) in [5.74, 6) is 0.495. The number of H-pyrrole nitrogens is 1. The second-order valence-electron chi connectivity index (χ2n) is 5.41. The minimum atomic E-state index is -0.0742. The number of hydrogen-bond donors (Lipinski definition) is 2. The number of amides is 1. The van der Waals surface area contributed by atoms with E-state index in [-0.39, 0.29) is 5.91 Å². The highest BCUT2D eigenvalue weighted by Crippen LogP contribution is 2.25. The molecule has 1 amide bonds. The molecule has 2 N–H and O–H groups in total. The summed E-state index contributed by atoms with van der Waals surface area (Å²) in [5, 5.41) is 10.9. The Bertz CT molecular complexity index is 793. The van der Waals surface area contributed by atoms with Gasteiger partial charge in [-0.2, -0.15) is 5.10 Å². The van der Waals surface area contributed by atoms with Crippen LogP contribution in [0.25, 0.3) is 10.9 Å². The average Bonchev–Trinajstić information content (AvgIpc) is 2.90. The number of carbonyl (C=O) groups is 1. The van der Waals surface area contributed by atoms with Crippen LogP contribution < -0.4 is 10.2 Å². The fourth-order valence-corrected chi connectivity index (χ4v) is 2.33. The van der Waals surface area contributed by atoms with E-state index in [9.17, 15) is 4.79 Å². The second kappa shape index (κ2) is 5.89. The number of anilines is 2. The van der Waals surface area contributed by atoms with Crippen molar-refractivity contribution in [2.45, 2.75) is 6.42 Å². The lowest BCUT2D eigenvalue weighted by Crippen LogP contribution is -2.15. The predicted molar refractivity (Wildman–Crippen MR) is 89.2 cm³/mol. The summed E-state index contributed by atoms with van der Waals surface area (Å²) in [4.78, 5) is 14.2. The number of hydrogen-bond acceptors (Lipinski definition) is 3. The van der Waals surface area contributed by atoms with Crippen molar-refractivity contribution in [3.63, 3.8) is 0 Å². The van der Waals surface area contributed by atoms with Gasteiger partial charge in [-0.05, 0) is 23.8 Å². The second-order valence-corrected chi connectivity index (χ2v) is 5.41. The minimum absolute atomic E-state index is 0.0742. The molecule has 3 aromatic rings. The summed E-state index contributed by atoms with van der Waals surface area (Å²) in [6, 6.07) is 15.6. The molecule has 0 bridgehead atoms. The molecule has 0 aliphatic carbocycles. The van der Waals surface area contributed by atoms with Gasteiger partial charge in [-0.1, -0.05) is 30.3 Å². The van der Waals surface area contributed by atoms with Gasteiger partial charge in [-0.3, -0.25) is 9.89 Å². The molecule has 5 nitrogen and oxygen atoms in total. The number of fused-ring (bicyclic) bond motifs is 1. The monoisotopic (exact) mass is 294 g/mol. The van der Waals surface area contributed by atoms with Crippen LogP contribution in [0.2, 0.25) is 0 Å². The maximum absolute atomic E-state index is 12.2. The van der Waals surface area contributed by atoms with E-state index in [1.807, 2.05) is 67.5 Å². The molecule has 2 aromatic carbocycles. The molecule has 0 spiro atoms. The SMILES string of the molecule is CN(C)c1ccc2[nH]nc(NC(=O)Cc3ccccc3)c2c1. The molecule has 1 aromatic heterocycles. The molecule has 0 aliphatic rings. The van der Waals surface area contributed by atoms with Gasteiger partial charge in [0.25, 0.3) is 0 Å². The van der Waals surface area contributed by atoms with E-state index >= 15 is 0 Å². The highest BCUT2D eigenvalue weighted by Gasteiger charge is 2.11. The Labute approximate surface area is 128 Å². The van der Waals surface area contributed by atoms with E-state index in [2.05, 4.69) is 15.5 Å². The third-order valence-electron chi connectivity index (χ3n) is 3.53. The summed E-state index contributed by atoms with van der Waals surface area (Å²) >= 11 is 0. The van der Waals surface area contributed by atoms with Crippen molar-refractivity contribution >= 4 is 28.3 Å². The van der Waals surface area contributed by atoms with Crippen LogP contribution in [-0.4, -0.2) is 30.2 Å². The van der Waals surface area contributed by atoms with Crippen LogP contribution in [-0.2, 0) is 11.2 Å². The fourth-order valence-electron chi connectivity index (χ4n) is 2.33. The number of aromatic amines is 1. The lowest BCUT2D eigenvalue weighted by Gasteiger charge is -2.12. The summed E-state index contributed by atoms with van der Waals surface area (Å²) in [7, 11) is 3.96. The maximum Gasteiger partial charge on any atom is 0.230 e. The predicted octanol–water partition coefficient (Wildman–Crippen LogP) is 2.81. The fraction of sp³-hybridized carbons (Fsp3) is 0.176. The number of nitrogens with one attached hydrogen (secondary N) is 2. The van der Waals surface area contributed by atoms with Crippen LogP contribution in [0.4, 0.5) is 11.5 Å². The summed E-state index contributed by atoms with van der Waals surface area (Å²) in [5.41, 5.74) is 2.95. The van der Waals surface area contributed by atoms with Crippen LogP contribution in [0.15, 0.2) is 48.5 Å². The molecule has 112 valence electrons. The van der Waals surface area contributed by atoms with Gasteiger partial charge in [0.15, 0.2) is 5.82 Å². The van der Waals surface area contributed by atoms with E-state index in [0.717, 1.165) is 22.2 Å². The molecule has 0 aliphatic heterocycles. The highest BCUT2D eigenvalue weighted by atomic mass is 16.1. The molecule has 5 heteroatoms. The Kier molecular flexibility index (Phi) is 3.78. The number of carbonyl (C=O) groups excluding carboxylic acids is 1. The number of aromatic nitrogens is 2. The molecule has 0 saturated carbocycles. The van der Waals surface area contributed by atoms with Gasteiger partial charge in [0, 0.05) is 25.2 Å². The van der Waals surface area contributed by atoms with Gasteiger partial charge in [-0.15, -0.1) is 0 Å². The van der Waals surface area contributed by atoms with Crippen LogP contribution in [0, 0.1) is 0 Å². The maximum atomic E-state index is 12.2. The topological polar surface area (TPSA) is 61.0 Å². The lowest BCUT2D eigenvalue weighted by atomic mass is 10.1. The number of rotatable bonds is 4. The molecular weight excluding hydrogens is 276 g/mol. The van der Waals surface area contributed by atoms with Crippen LogP contribution in [0.3, 0.4) is 0 Å². The first-order valence-corrected chi connectivity index (χ1v) is 7.13. The summed E-state index contributed by atoms with van der Waals surface area (Å²) in [6.07, 6.45) is 0.336. The molecule has 3 rings (SSSR count). The third kappa shape index (κ3) is 2.93. The third-order valence-corrected chi connectivity index (χ3v) is 3.53. The van der Waals surface area contributed by atoms with E-state index in [1.165, 1.54) is 0 Å². The van der Waals surface area contributed by atoms with Crippen molar-refractivity contribution in [2.24, 2.45) is 0 Å². The summed E-state index contributed by atoms with van der Waals surface area (Å²) < 4.78 is 0. The van der Waals surface area contributed by atoms with Crippen LogP contribution in [0.5, 0.6) is 0 Å². The Hall–Kier alpha value is -2.82. The molecular formula is C17H18N4O. The smallest absolute Gasteiger partial charge is 0.230 e. The molecule has 0 fully saturated rings. The van der Waals surface area contributed by atoms with Gasteiger partial charge in [0.1, 0.15) is 0 Å². The van der Waals surface area contributed by atoms with Gasteiger partial charge in [0.2, 0.25) is 5.91 Å². The largest absolute Gasteiger partial charge is 0.378 e. The van der Waals surface area contributed by atoms with E-state index in [0.29, 0.717) is 12.2 Å². The lowest BCUT2D eigenvalue weighted by molar-refractivity contribution is -0.115. The quantitative estimate of drug-likeness (QED) is 0.778. The van der Waals surface area contributed by atoms with Crippen molar-refractivity contribution in [3.8, 4) is 0 Å². The molecule has 0 atom stereocenters. The van der Waals surface area contributed by atoms with Gasteiger partial charge < -0.3 is 10.2 Å². The zero-order valence-electron chi connectivity index (χ0n) is 12.6. The standard InChI is InChI=1S/C17H18N4O/c1-21(2)13-8-9-15-14(11-13)17(20-19-15)18-16(22)10-12-6-4-3-5-7-12/h3-9,11H,10H2,1-2H3,(H2,18,19,20,22). The first kappa shape index (κ1) is 14.1. The van der Waals surface area contributed by atoms with Gasteiger partial charge >= 0.3 is 0 Å². The zero-order chi connectivity index (χ0) is 15.5. The first-order chi connectivity index (χ1) is 10.6. The van der Waals surface area contributed by atoms with Gasteiger partial charge in [0.05, 0.1) is 11.9 Å². The van der Waals surface area contributed by atoms with E-state index < -0.39 is 0 Å². The van der Waals surface area contributed by atoms with E-state index in [4.69, 9.17) is 0 Å². The van der Waals surface area contributed by atoms with Crippen molar-refractivity contribution < 1.29 is 4.79 Å². The zero-order valence-corrected chi connectivity index (χ0v) is 12.6. The van der Waals surface area contributed by atoms with Crippen molar-refractivity contribution in [3.05, 3.63) is 54.1 Å². The normalized spacial score (nSPS) is 10.6. The first-order valence-electron chi connectivity index (χ1n) is 7.13. The van der Waals surface area contributed by atoms with Crippen LogP contribution in [0.1, 0.15) is 5.56 Å². The number of nitrogens with zero attached hydrogens (tertiary/aromatic N) is 2. The Morgan fingerprint density at radius 3 is 2.68 bits per heavy atom. The van der Waals surface area contributed by atoms with Crippen molar-refractivity contribution in [1.29, 1.82) is 0 Å². The Morgan fingerprint density at radius 1 is 1.18 bits per heavy atom. The Morgan fingerprint density at radius 2 is 1.95 bits per heavy atom. The molecule has 0 unspecified atom stereocenters. The van der Waals surface area contributed by atoms with Crippen LogP contribution >= 0.6 is 0 Å². The summed E-state index contributed by atoms with van der Waals surface area (Å²) in [6.45, 7) is 0. The van der Waals surface area contributed by atoms with Crippen molar-refractivity contribution in [2.75, 3.05) is 24.3 Å². The minimum Gasteiger partial charge on any atom is -0.378 e. The molecule has 22 heavy (non-hydrogen) atoms. The van der Waals surface area contributed by atoms with E-state index in [1.54, 1.807) is 0 Å². The molecule has 0 radical (unpaired) electrons. The Balaban J connectivity index is 1.81. The molecule has 0 saturated heterocycles.